The van der Waals surface area contributed by atoms with Crippen LogP contribution < -0.4 is 10.2 Å². The Morgan fingerprint density at radius 3 is 2.55 bits per heavy atom. The van der Waals surface area contributed by atoms with Gasteiger partial charge in [-0.2, -0.15) is 0 Å². The van der Waals surface area contributed by atoms with Crippen molar-refractivity contribution in [3.8, 4) is 0 Å². The van der Waals surface area contributed by atoms with Crippen LogP contribution >= 0.6 is 11.6 Å². The Labute approximate surface area is 135 Å². The third kappa shape index (κ3) is 3.29. The molecule has 0 saturated carbocycles. The normalized spacial score (nSPS) is 15.5. The molecule has 1 aliphatic heterocycles. The van der Waals surface area contributed by atoms with Gasteiger partial charge in [0, 0.05) is 22.8 Å². The summed E-state index contributed by atoms with van der Waals surface area (Å²) in [7, 11) is 0. The lowest BCUT2D eigenvalue weighted by molar-refractivity contribution is 0.0971. The van der Waals surface area contributed by atoms with Crippen molar-refractivity contribution in [2.75, 3.05) is 18.0 Å². The monoisotopic (exact) mass is 315 g/mol. The minimum Gasteiger partial charge on any atom is -0.317 e. The Morgan fingerprint density at radius 2 is 1.91 bits per heavy atom. The molecule has 0 bridgehead atoms. The molecule has 3 rings (SSSR count). The fourth-order valence-corrected chi connectivity index (χ4v) is 2.91. The summed E-state index contributed by atoms with van der Waals surface area (Å²) in [4.78, 5) is 19.0. The third-order valence-corrected chi connectivity index (χ3v) is 4.16. The number of piperidine rings is 1. The molecule has 0 atom stereocenters. The van der Waals surface area contributed by atoms with Crippen molar-refractivity contribution in [1.29, 1.82) is 0 Å². The van der Waals surface area contributed by atoms with Crippen molar-refractivity contribution in [2.24, 2.45) is 0 Å². The number of halogens is 1. The largest absolute Gasteiger partial charge is 0.317 e. The molecule has 1 aromatic heterocycles. The second kappa shape index (κ2) is 6.90. The number of anilines is 1. The number of pyridine rings is 1. The highest BCUT2D eigenvalue weighted by molar-refractivity contribution is 6.30. The first kappa shape index (κ1) is 15.0. The van der Waals surface area contributed by atoms with Gasteiger partial charge >= 0.3 is 0 Å². The summed E-state index contributed by atoms with van der Waals surface area (Å²) < 4.78 is 0. The van der Waals surface area contributed by atoms with E-state index in [0.717, 1.165) is 31.6 Å². The van der Waals surface area contributed by atoms with E-state index in [1.165, 1.54) is 0 Å². The molecule has 5 heteroatoms. The van der Waals surface area contributed by atoms with Crippen LogP contribution in [0.4, 0.5) is 5.69 Å². The second-order valence-corrected chi connectivity index (χ2v) is 5.81. The topological polar surface area (TPSA) is 45.2 Å². The number of rotatable bonds is 3. The zero-order valence-corrected chi connectivity index (χ0v) is 13.0. The summed E-state index contributed by atoms with van der Waals surface area (Å²) >= 11 is 5.92. The Morgan fingerprint density at radius 1 is 1.18 bits per heavy atom. The molecular formula is C17H18ClN3O. The fraction of sp³-hybridized carbons (Fsp3) is 0.294. The van der Waals surface area contributed by atoms with Crippen LogP contribution in [0.3, 0.4) is 0 Å². The molecule has 4 nitrogen and oxygen atoms in total. The van der Waals surface area contributed by atoms with Gasteiger partial charge in [0.05, 0.1) is 11.9 Å². The van der Waals surface area contributed by atoms with Gasteiger partial charge in [-0.3, -0.25) is 9.78 Å². The van der Waals surface area contributed by atoms with Gasteiger partial charge in [0.25, 0.3) is 5.91 Å². The van der Waals surface area contributed by atoms with Gasteiger partial charge < -0.3 is 10.2 Å². The molecular weight excluding hydrogens is 298 g/mol. The van der Waals surface area contributed by atoms with Gasteiger partial charge in [-0.1, -0.05) is 11.6 Å². The standard InChI is InChI=1S/C17H18ClN3O/c18-14-5-3-13(4-6-14)17(22)21(15-7-10-19-11-8-15)16-2-1-9-20-12-16/h1-6,9,12,15,19H,7-8,10-11H2. The minimum absolute atomic E-state index is 0.00318. The fourth-order valence-electron chi connectivity index (χ4n) is 2.79. The summed E-state index contributed by atoms with van der Waals surface area (Å²) in [6, 6.07) is 11.0. The Bertz CT molecular complexity index is 624. The van der Waals surface area contributed by atoms with Gasteiger partial charge in [-0.05, 0) is 62.3 Å². The number of carbonyl (C=O) groups is 1. The molecule has 22 heavy (non-hydrogen) atoms. The van der Waals surface area contributed by atoms with Crippen LogP contribution in [0.25, 0.3) is 0 Å². The van der Waals surface area contributed by atoms with Crippen LogP contribution in [0.1, 0.15) is 23.2 Å². The summed E-state index contributed by atoms with van der Waals surface area (Å²) in [5, 5.41) is 3.97. The van der Waals surface area contributed by atoms with E-state index in [1.54, 1.807) is 36.7 Å². The number of nitrogens with zero attached hydrogens (tertiary/aromatic N) is 2. The maximum Gasteiger partial charge on any atom is 0.258 e. The van der Waals surface area contributed by atoms with Crippen molar-refractivity contribution in [3.63, 3.8) is 0 Å². The summed E-state index contributed by atoms with van der Waals surface area (Å²) in [5.41, 5.74) is 1.49. The van der Waals surface area contributed by atoms with E-state index in [2.05, 4.69) is 10.3 Å². The highest BCUT2D eigenvalue weighted by Gasteiger charge is 2.27. The predicted molar refractivity (Wildman–Crippen MR) is 88.4 cm³/mol. The van der Waals surface area contributed by atoms with Crippen LogP contribution in [0.15, 0.2) is 48.8 Å². The van der Waals surface area contributed by atoms with Crippen molar-refractivity contribution in [1.82, 2.24) is 10.3 Å². The first-order valence-electron chi connectivity index (χ1n) is 7.45. The SMILES string of the molecule is O=C(c1ccc(Cl)cc1)N(c1cccnc1)C1CCNCC1. The van der Waals surface area contributed by atoms with E-state index in [1.807, 2.05) is 17.0 Å². The Balaban J connectivity index is 1.93. The van der Waals surface area contributed by atoms with Gasteiger partial charge in [0.15, 0.2) is 0 Å². The van der Waals surface area contributed by atoms with Crippen molar-refractivity contribution < 1.29 is 4.79 Å². The van der Waals surface area contributed by atoms with Crippen LogP contribution in [0, 0.1) is 0 Å². The lowest BCUT2D eigenvalue weighted by atomic mass is 10.0. The number of hydrogen-bond acceptors (Lipinski definition) is 3. The van der Waals surface area contributed by atoms with E-state index in [0.29, 0.717) is 10.6 Å². The number of amides is 1. The minimum atomic E-state index is -0.00318. The first-order chi connectivity index (χ1) is 10.8. The summed E-state index contributed by atoms with van der Waals surface area (Å²) in [6.45, 7) is 1.85. The maximum absolute atomic E-state index is 13.0. The molecule has 2 heterocycles. The summed E-state index contributed by atoms with van der Waals surface area (Å²) in [6.07, 6.45) is 5.34. The molecule has 114 valence electrons. The molecule has 1 aliphatic rings. The van der Waals surface area contributed by atoms with Crippen molar-refractivity contribution in [3.05, 3.63) is 59.4 Å². The number of carbonyl (C=O) groups excluding carboxylic acids is 1. The quantitative estimate of drug-likeness (QED) is 0.946. The average molecular weight is 316 g/mol. The van der Waals surface area contributed by atoms with Gasteiger partial charge in [-0.25, -0.2) is 0 Å². The van der Waals surface area contributed by atoms with E-state index in [-0.39, 0.29) is 11.9 Å². The number of benzene rings is 1. The summed E-state index contributed by atoms with van der Waals surface area (Å²) in [5.74, 6) is -0.00318. The molecule has 1 amide bonds. The van der Waals surface area contributed by atoms with Crippen LogP contribution in [0.2, 0.25) is 5.02 Å². The lowest BCUT2D eigenvalue weighted by Gasteiger charge is -2.34. The maximum atomic E-state index is 13.0. The Hall–Kier alpha value is -1.91. The van der Waals surface area contributed by atoms with Crippen molar-refractivity contribution in [2.45, 2.75) is 18.9 Å². The molecule has 2 aromatic rings. The van der Waals surface area contributed by atoms with Gasteiger partial charge in [-0.15, -0.1) is 0 Å². The van der Waals surface area contributed by atoms with E-state index in [4.69, 9.17) is 11.6 Å². The molecule has 1 N–H and O–H groups in total. The zero-order valence-electron chi connectivity index (χ0n) is 12.2. The molecule has 1 fully saturated rings. The first-order valence-corrected chi connectivity index (χ1v) is 7.83. The number of aromatic nitrogens is 1. The molecule has 1 aromatic carbocycles. The van der Waals surface area contributed by atoms with E-state index < -0.39 is 0 Å². The molecule has 0 aliphatic carbocycles. The average Bonchev–Trinajstić information content (AvgIpc) is 2.57. The van der Waals surface area contributed by atoms with Crippen LogP contribution in [-0.4, -0.2) is 30.0 Å². The lowest BCUT2D eigenvalue weighted by Crippen LogP contribution is -2.46. The highest BCUT2D eigenvalue weighted by atomic mass is 35.5. The highest BCUT2D eigenvalue weighted by Crippen LogP contribution is 2.24. The van der Waals surface area contributed by atoms with E-state index in [9.17, 15) is 4.79 Å². The molecule has 1 saturated heterocycles. The second-order valence-electron chi connectivity index (χ2n) is 5.37. The predicted octanol–water partition coefficient (Wildman–Crippen LogP) is 3.13. The molecule has 0 spiro atoms. The molecule has 0 unspecified atom stereocenters. The van der Waals surface area contributed by atoms with Gasteiger partial charge in [0.1, 0.15) is 0 Å². The number of hydrogen-bond donors (Lipinski definition) is 1. The van der Waals surface area contributed by atoms with E-state index >= 15 is 0 Å². The Kier molecular flexibility index (Phi) is 4.71. The van der Waals surface area contributed by atoms with Crippen molar-refractivity contribution >= 4 is 23.2 Å². The third-order valence-electron chi connectivity index (χ3n) is 3.91. The van der Waals surface area contributed by atoms with Crippen LogP contribution in [0.5, 0.6) is 0 Å². The number of nitrogens with one attached hydrogen (secondary N) is 1. The smallest absolute Gasteiger partial charge is 0.258 e. The van der Waals surface area contributed by atoms with Crippen LogP contribution in [-0.2, 0) is 0 Å². The van der Waals surface area contributed by atoms with Gasteiger partial charge in [0.2, 0.25) is 0 Å². The molecule has 0 radical (unpaired) electrons. The zero-order chi connectivity index (χ0) is 15.4.